The summed E-state index contributed by atoms with van der Waals surface area (Å²) in [5.74, 6) is 0.252. The third-order valence-electron chi connectivity index (χ3n) is 4.48. The highest BCUT2D eigenvalue weighted by Gasteiger charge is 2.10. The highest BCUT2D eigenvalue weighted by atomic mass is 16.1. The van der Waals surface area contributed by atoms with Crippen molar-refractivity contribution in [3.8, 4) is 0 Å². The van der Waals surface area contributed by atoms with Crippen LogP contribution in [0.2, 0.25) is 0 Å². The molecular weight excluding hydrogens is 348 g/mol. The van der Waals surface area contributed by atoms with E-state index in [0.717, 1.165) is 30.6 Å². The number of carbonyl (C=O) groups excluding carboxylic acids is 1. The maximum absolute atomic E-state index is 12.5. The molecule has 3 aromatic rings. The molecule has 0 unspecified atom stereocenters. The smallest absolute Gasteiger partial charge is 0.270 e. The van der Waals surface area contributed by atoms with Crippen LogP contribution in [0.5, 0.6) is 0 Å². The van der Waals surface area contributed by atoms with Crippen LogP contribution in [-0.2, 0) is 12.8 Å². The van der Waals surface area contributed by atoms with E-state index in [4.69, 9.17) is 0 Å². The standard InChI is InChI=1S/C23H26N4O/c1-3-18-11-13-20(14-12-18)26-23-25-17(2)16-21(27-23)22(28)24-15-7-10-19-8-5-4-6-9-19/h4-6,8-9,11-14,16H,3,7,10,15H2,1-2H3,(H,24,28)(H,25,26,27). The number of anilines is 2. The number of rotatable bonds is 8. The van der Waals surface area contributed by atoms with Gasteiger partial charge >= 0.3 is 0 Å². The number of nitrogens with one attached hydrogen (secondary N) is 2. The first-order valence-corrected chi connectivity index (χ1v) is 9.68. The highest BCUT2D eigenvalue weighted by Crippen LogP contribution is 2.15. The number of benzene rings is 2. The van der Waals surface area contributed by atoms with Gasteiger partial charge < -0.3 is 10.6 Å². The fraction of sp³-hybridized carbons (Fsp3) is 0.261. The predicted octanol–water partition coefficient (Wildman–Crippen LogP) is 4.45. The number of aromatic nitrogens is 2. The van der Waals surface area contributed by atoms with E-state index in [1.54, 1.807) is 6.07 Å². The van der Waals surface area contributed by atoms with Gasteiger partial charge in [-0.05, 0) is 55.5 Å². The Labute approximate surface area is 166 Å². The summed E-state index contributed by atoms with van der Waals surface area (Å²) in [5.41, 5.74) is 4.57. The third-order valence-corrected chi connectivity index (χ3v) is 4.48. The fourth-order valence-corrected chi connectivity index (χ4v) is 2.92. The molecule has 0 aliphatic rings. The van der Waals surface area contributed by atoms with Gasteiger partial charge in [0.2, 0.25) is 5.95 Å². The van der Waals surface area contributed by atoms with Gasteiger partial charge in [-0.25, -0.2) is 9.97 Å². The number of carbonyl (C=O) groups is 1. The Balaban J connectivity index is 1.57. The summed E-state index contributed by atoms with van der Waals surface area (Å²) in [4.78, 5) is 21.2. The summed E-state index contributed by atoms with van der Waals surface area (Å²) >= 11 is 0. The quantitative estimate of drug-likeness (QED) is 0.572. The minimum absolute atomic E-state index is 0.178. The summed E-state index contributed by atoms with van der Waals surface area (Å²) in [6.07, 6.45) is 2.81. The SMILES string of the molecule is CCc1ccc(Nc2nc(C)cc(C(=O)NCCCc3ccccc3)n2)cc1. The lowest BCUT2D eigenvalue weighted by molar-refractivity contribution is 0.0948. The van der Waals surface area contributed by atoms with Crippen molar-refractivity contribution in [1.82, 2.24) is 15.3 Å². The van der Waals surface area contributed by atoms with Crippen LogP contribution >= 0.6 is 0 Å². The van der Waals surface area contributed by atoms with Gasteiger partial charge in [-0.15, -0.1) is 0 Å². The highest BCUT2D eigenvalue weighted by molar-refractivity contribution is 5.92. The molecule has 0 spiro atoms. The van der Waals surface area contributed by atoms with Crippen LogP contribution in [0, 0.1) is 6.92 Å². The van der Waals surface area contributed by atoms with E-state index in [1.807, 2.05) is 37.3 Å². The van der Waals surface area contributed by atoms with Gasteiger partial charge in [0.05, 0.1) is 0 Å². The molecule has 3 rings (SSSR count). The van der Waals surface area contributed by atoms with Crippen LogP contribution in [-0.4, -0.2) is 22.4 Å². The first kappa shape index (κ1) is 19.5. The second kappa shape index (κ2) is 9.65. The van der Waals surface area contributed by atoms with E-state index in [2.05, 4.69) is 51.8 Å². The molecular formula is C23H26N4O. The molecule has 0 aliphatic carbocycles. The van der Waals surface area contributed by atoms with Crippen molar-refractivity contribution in [2.24, 2.45) is 0 Å². The van der Waals surface area contributed by atoms with Gasteiger partial charge in [-0.1, -0.05) is 49.4 Å². The monoisotopic (exact) mass is 374 g/mol. The molecule has 2 aromatic carbocycles. The van der Waals surface area contributed by atoms with Gasteiger partial charge in [0.25, 0.3) is 5.91 Å². The van der Waals surface area contributed by atoms with Gasteiger partial charge in [0, 0.05) is 17.9 Å². The van der Waals surface area contributed by atoms with Gasteiger partial charge in [-0.3, -0.25) is 4.79 Å². The van der Waals surface area contributed by atoms with E-state index in [-0.39, 0.29) is 5.91 Å². The van der Waals surface area contributed by atoms with Crippen LogP contribution < -0.4 is 10.6 Å². The number of hydrogen-bond acceptors (Lipinski definition) is 4. The number of nitrogens with zero attached hydrogens (tertiary/aromatic N) is 2. The van der Waals surface area contributed by atoms with Crippen LogP contribution in [0.4, 0.5) is 11.6 Å². The maximum atomic E-state index is 12.5. The zero-order valence-electron chi connectivity index (χ0n) is 16.4. The molecule has 2 N–H and O–H groups in total. The first-order valence-electron chi connectivity index (χ1n) is 9.68. The second-order valence-electron chi connectivity index (χ2n) is 6.74. The minimum Gasteiger partial charge on any atom is -0.351 e. The van der Waals surface area contributed by atoms with E-state index in [0.29, 0.717) is 18.2 Å². The lowest BCUT2D eigenvalue weighted by atomic mass is 10.1. The van der Waals surface area contributed by atoms with Crippen LogP contribution in [0.1, 0.15) is 40.7 Å². The fourth-order valence-electron chi connectivity index (χ4n) is 2.92. The minimum atomic E-state index is -0.178. The van der Waals surface area contributed by atoms with Crippen LogP contribution in [0.15, 0.2) is 60.7 Å². The molecule has 0 fully saturated rings. The Bertz CT molecular complexity index is 908. The number of aryl methyl sites for hydroxylation is 3. The number of hydrogen-bond donors (Lipinski definition) is 2. The third kappa shape index (κ3) is 5.64. The number of amides is 1. The van der Waals surface area contributed by atoms with Crippen molar-refractivity contribution in [1.29, 1.82) is 0 Å². The van der Waals surface area contributed by atoms with Gasteiger partial charge in [0.15, 0.2) is 0 Å². The molecule has 1 aromatic heterocycles. The first-order chi connectivity index (χ1) is 13.6. The van der Waals surface area contributed by atoms with Crippen molar-refractivity contribution in [3.63, 3.8) is 0 Å². The molecule has 0 radical (unpaired) electrons. The molecule has 1 amide bonds. The summed E-state index contributed by atoms with van der Waals surface area (Å²) in [6.45, 7) is 4.59. The second-order valence-corrected chi connectivity index (χ2v) is 6.74. The topological polar surface area (TPSA) is 66.9 Å². The molecule has 0 saturated heterocycles. The summed E-state index contributed by atoms with van der Waals surface area (Å²) in [5, 5.41) is 6.12. The molecule has 0 atom stereocenters. The zero-order valence-corrected chi connectivity index (χ0v) is 16.4. The van der Waals surface area contributed by atoms with Crippen LogP contribution in [0.3, 0.4) is 0 Å². The summed E-state index contributed by atoms with van der Waals surface area (Å²) in [7, 11) is 0. The average molecular weight is 374 g/mol. The lowest BCUT2D eigenvalue weighted by Crippen LogP contribution is -2.26. The predicted molar refractivity (Wildman–Crippen MR) is 113 cm³/mol. The van der Waals surface area contributed by atoms with E-state index < -0.39 is 0 Å². The Hall–Kier alpha value is -3.21. The molecule has 144 valence electrons. The molecule has 1 heterocycles. The Kier molecular flexibility index (Phi) is 6.73. The van der Waals surface area contributed by atoms with Crippen molar-refractivity contribution in [3.05, 3.63) is 83.2 Å². The normalized spacial score (nSPS) is 10.5. The lowest BCUT2D eigenvalue weighted by Gasteiger charge is -2.09. The maximum Gasteiger partial charge on any atom is 0.270 e. The van der Waals surface area contributed by atoms with Crippen molar-refractivity contribution >= 4 is 17.5 Å². The molecule has 0 saturated carbocycles. The van der Waals surface area contributed by atoms with Crippen molar-refractivity contribution in [2.45, 2.75) is 33.1 Å². The van der Waals surface area contributed by atoms with Gasteiger partial charge in [0.1, 0.15) is 5.69 Å². The summed E-state index contributed by atoms with van der Waals surface area (Å²) in [6, 6.07) is 20.1. The Morgan fingerprint density at radius 1 is 0.964 bits per heavy atom. The zero-order chi connectivity index (χ0) is 19.8. The average Bonchev–Trinajstić information content (AvgIpc) is 2.72. The van der Waals surface area contributed by atoms with E-state index in [9.17, 15) is 4.79 Å². The van der Waals surface area contributed by atoms with E-state index in [1.165, 1.54) is 11.1 Å². The van der Waals surface area contributed by atoms with Crippen LogP contribution in [0.25, 0.3) is 0 Å². The van der Waals surface area contributed by atoms with Crippen molar-refractivity contribution < 1.29 is 4.79 Å². The van der Waals surface area contributed by atoms with E-state index >= 15 is 0 Å². The molecule has 5 heteroatoms. The Morgan fingerprint density at radius 2 is 1.71 bits per heavy atom. The Morgan fingerprint density at radius 3 is 2.43 bits per heavy atom. The largest absolute Gasteiger partial charge is 0.351 e. The van der Waals surface area contributed by atoms with Crippen molar-refractivity contribution in [2.75, 3.05) is 11.9 Å². The van der Waals surface area contributed by atoms with Gasteiger partial charge in [-0.2, -0.15) is 0 Å². The summed E-state index contributed by atoms with van der Waals surface area (Å²) < 4.78 is 0. The molecule has 28 heavy (non-hydrogen) atoms. The molecule has 0 bridgehead atoms. The molecule has 0 aliphatic heterocycles. The molecule has 5 nitrogen and oxygen atoms in total.